The topological polar surface area (TPSA) is 92.4 Å². The molecular weight excluding hydrogens is 244 g/mol. The van der Waals surface area contributed by atoms with E-state index in [1.807, 2.05) is 6.92 Å². The zero-order chi connectivity index (χ0) is 12.9. The van der Waals surface area contributed by atoms with E-state index in [1.165, 1.54) is 0 Å². The quantitative estimate of drug-likeness (QED) is 0.749. The van der Waals surface area contributed by atoms with Crippen molar-refractivity contribution in [3.05, 3.63) is 17.5 Å². The molecule has 0 aliphatic heterocycles. The Labute approximate surface area is 101 Å². The number of sulfonamides is 1. The highest BCUT2D eigenvalue weighted by atomic mass is 32.2. The van der Waals surface area contributed by atoms with Crippen LogP contribution in [0.1, 0.15) is 31.2 Å². The lowest BCUT2D eigenvalue weighted by atomic mass is 10.2. The summed E-state index contributed by atoms with van der Waals surface area (Å²) in [4.78, 5) is 0. The van der Waals surface area contributed by atoms with Crippen molar-refractivity contribution in [2.45, 2.75) is 38.5 Å². The molecule has 1 aromatic rings. The van der Waals surface area contributed by atoms with Gasteiger partial charge < -0.3 is 9.63 Å². The summed E-state index contributed by atoms with van der Waals surface area (Å²) in [5.74, 6) is 0.379. The van der Waals surface area contributed by atoms with Gasteiger partial charge in [0.15, 0.2) is 0 Å². The highest BCUT2D eigenvalue weighted by Gasteiger charge is 2.18. The van der Waals surface area contributed by atoms with Gasteiger partial charge in [0.1, 0.15) is 17.2 Å². The molecule has 7 heteroatoms. The van der Waals surface area contributed by atoms with Crippen molar-refractivity contribution in [3.8, 4) is 0 Å². The highest BCUT2D eigenvalue weighted by Crippen LogP contribution is 2.07. The lowest BCUT2D eigenvalue weighted by Gasteiger charge is -2.15. The smallest absolute Gasteiger partial charge is 0.217 e. The van der Waals surface area contributed by atoms with E-state index in [2.05, 4.69) is 9.88 Å². The van der Waals surface area contributed by atoms with Crippen molar-refractivity contribution in [1.82, 2.24) is 9.88 Å². The molecule has 0 aliphatic carbocycles. The molecule has 98 valence electrons. The van der Waals surface area contributed by atoms with Crippen molar-refractivity contribution in [2.24, 2.45) is 0 Å². The molecular formula is C10H18N2O4S. The first-order valence-corrected chi connectivity index (χ1v) is 7.15. The lowest BCUT2D eigenvalue weighted by molar-refractivity contribution is 0.270. The van der Waals surface area contributed by atoms with E-state index in [0.717, 1.165) is 0 Å². The summed E-state index contributed by atoms with van der Waals surface area (Å²) < 4.78 is 30.9. The first-order chi connectivity index (χ1) is 7.96. The number of aliphatic hydroxyl groups is 1. The van der Waals surface area contributed by atoms with Crippen molar-refractivity contribution in [1.29, 1.82) is 0 Å². The van der Waals surface area contributed by atoms with E-state index in [0.29, 0.717) is 24.3 Å². The second-order valence-corrected chi connectivity index (χ2v) is 5.68. The Kier molecular flexibility index (Phi) is 5.10. The molecule has 0 bridgehead atoms. The predicted molar refractivity (Wildman–Crippen MR) is 62.8 cm³/mol. The van der Waals surface area contributed by atoms with Crippen LogP contribution in [0.2, 0.25) is 0 Å². The third-order valence-corrected chi connectivity index (χ3v) is 3.70. The summed E-state index contributed by atoms with van der Waals surface area (Å²) in [5, 5.41) is 12.4. The van der Waals surface area contributed by atoms with Gasteiger partial charge in [-0.25, -0.2) is 13.1 Å². The summed E-state index contributed by atoms with van der Waals surface area (Å²) in [6.07, 6.45) is 1.05. The Morgan fingerprint density at radius 1 is 1.59 bits per heavy atom. The van der Waals surface area contributed by atoms with Crippen LogP contribution in [0.4, 0.5) is 0 Å². The van der Waals surface area contributed by atoms with Crippen molar-refractivity contribution in [3.63, 3.8) is 0 Å². The molecule has 0 aliphatic rings. The average molecular weight is 262 g/mol. The number of aliphatic hydroxyl groups excluding tert-OH is 1. The largest absolute Gasteiger partial charge is 0.396 e. The van der Waals surface area contributed by atoms with Crippen LogP contribution in [0.25, 0.3) is 0 Å². The Hall–Kier alpha value is -0.920. The van der Waals surface area contributed by atoms with Crippen LogP contribution in [-0.4, -0.2) is 31.3 Å². The van der Waals surface area contributed by atoms with Gasteiger partial charge in [0.05, 0.1) is 0 Å². The van der Waals surface area contributed by atoms with Gasteiger partial charge in [-0.05, 0) is 19.8 Å². The zero-order valence-corrected chi connectivity index (χ0v) is 10.8. The minimum absolute atomic E-state index is 0.0376. The maximum absolute atomic E-state index is 11.8. The molecule has 0 radical (unpaired) electrons. The van der Waals surface area contributed by atoms with Crippen LogP contribution < -0.4 is 4.72 Å². The summed E-state index contributed by atoms with van der Waals surface area (Å²) in [7, 11) is -3.44. The fourth-order valence-corrected chi connectivity index (χ4v) is 2.88. The summed E-state index contributed by atoms with van der Waals surface area (Å²) in [5.41, 5.74) is 0.383. The van der Waals surface area contributed by atoms with Gasteiger partial charge in [0.25, 0.3) is 0 Å². The highest BCUT2D eigenvalue weighted by molar-refractivity contribution is 7.88. The monoisotopic (exact) mass is 262 g/mol. The van der Waals surface area contributed by atoms with E-state index >= 15 is 0 Å². The predicted octanol–water partition coefficient (Wildman–Crippen LogP) is 0.563. The molecule has 17 heavy (non-hydrogen) atoms. The molecule has 1 atom stereocenters. The number of hydrogen-bond acceptors (Lipinski definition) is 5. The van der Waals surface area contributed by atoms with E-state index in [-0.39, 0.29) is 18.4 Å². The van der Waals surface area contributed by atoms with Gasteiger partial charge in [-0.15, -0.1) is 0 Å². The van der Waals surface area contributed by atoms with E-state index in [4.69, 9.17) is 9.63 Å². The third-order valence-electron chi connectivity index (χ3n) is 2.33. The van der Waals surface area contributed by atoms with E-state index in [9.17, 15) is 8.42 Å². The van der Waals surface area contributed by atoms with Crippen LogP contribution >= 0.6 is 0 Å². The normalized spacial score (nSPS) is 13.8. The number of rotatable bonds is 7. The van der Waals surface area contributed by atoms with Gasteiger partial charge in [-0.1, -0.05) is 12.1 Å². The summed E-state index contributed by atoms with van der Waals surface area (Å²) >= 11 is 0. The van der Waals surface area contributed by atoms with Gasteiger partial charge in [0, 0.05) is 18.7 Å². The maximum atomic E-state index is 11.8. The van der Waals surface area contributed by atoms with Gasteiger partial charge in [-0.2, -0.15) is 0 Å². The molecule has 1 heterocycles. The van der Waals surface area contributed by atoms with Crippen molar-refractivity contribution < 1.29 is 18.0 Å². The average Bonchev–Trinajstić information content (AvgIpc) is 2.62. The van der Waals surface area contributed by atoms with Crippen LogP contribution in [0.3, 0.4) is 0 Å². The van der Waals surface area contributed by atoms with E-state index < -0.39 is 10.0 Å². The number of nitrogens with one attached hydrogen (secondary N) is 1. The third kappa shape index (κ3) is 4.84. The number of nitrogens with zero attached hydrogens (tertiary/aromatic N) is 1. The fraction of sp³-hybridized carbons (Fsp3) is 0.700. The first kappa shape index (κ1) is 14.1. The fourth-order valence-electron chi connectivity index (χ4n) is 1.48. The van der Waals surface area contributed by atoms with Crippen molar-refractivity contribution in [2.75, 3.05) is 6.61 Å². The maximum Gasteiger partial charge on any atom is 0.217 e. The van der Waals surface area contributed by atoms with Gasteiger partial charge >= 0.3 is 0 Å². The SMILES string of the molecule is CCC(CCO)NS(=O)(=O)Cc1cc(C)on1. The first-order valence-electron chi connectivity index (χ1n) is 5.50. The van der Waals surface area contributed by atoms with Gasteiger partial charge in [-0.3, -0.25) is 0 Å². The Bertz CT molecular complexity index is 441. The second-order valence-electron chi connectivity index (χ2n) is 3.92. The molecule has 6 nitrogen and oxygen atoms in total. The molecule has 0 amide bonds. The van der Waals surface area contributed by atoms with Crippen LogP contribution in [0, 0.1) is 6.92 Å². The van der Waals surface area contributed by atoms with Crippen molar-refractivity contribution >= 4 is 10.0 Å². The molecule has 1 rings (SSSR count). The zero-order valence-electron chi connectivity index (χ0n) is 10.0. The number of aryl methyl sites for hydroxylation is 1. The van der Waals surface area contributed by atoms with Crippen LogP contribution in [0.5, 0.6) is 0 Å². The molecule has 0 fully saturated rings. The minimum atomic E-state index is -3.44. The molecule has 2 N–H and O–H groups in total. The minimum Gasteiger partial charge on any atom is -0.396 e. The Balaban J connectivity index is 2.62. The molecule has 0 saturated carbocycles. The van der Waals surface area contributed by atoms with Gasteiger partial charge in [0.2, 0.25) is 10.0 Å². The molecule has 1 unspecified atom stereocenters. The molecule has 0 aromatic carbocycles. The van der Waals surface area contributed by atoms with E-state index in [1.54, 1.807) is 13.0 Å². The van der Waals surface area contributed by atoms with Crippen LogP contribution in [0.15, 0.2) is 10.6 Å². The summed E-state index contributed by atoms with van der Waals surface area (Å²) in [6, 6.07) is 1.35. The Morgan fingerprint density at radius 3 is 2.76 bits per heavy atom. The molecule has 0 saturated heterocycles. The number of hydrogen-bond donors (Lipinski definition) is 2. The number of aromatic nitrogens is 1. The second kappa shape index (κ2) is 6.13. The van der Waals surface area contributed by atoms with Crippen LogP contribution in [-0.2, 0) is 15.8 Å². The standard InChI is InChI=1S/C10H18N2O4S/c1-3-9(4-5-13)12-17(14,15)7-10-6-8(2)16-11-10/h6,9,12-13H,3-5,7H2,1-2H3. The lowest BCUT2D eigenvalue weighted by Crippen LogP contribution is -2.35. The summed E-state index contributed by atoms with van der Waals surface area (Å²) in [6.45, 7) is 3.53. The Morgan fingerprint density at radius 2 is 2.29 bits per heavy atom. The molecule has 0 spiro atoms. The molecule has 1 aromatic heterocycles.